The van der Waals surface area contributed by atoms with E-state index in [0.29, 0.717) is 11.5 Å². The third-order valence-electron chi connectivity index (χ3n) is 4.60. The molecule has 0 unspecified atom stereocenters. The van der Waals surface area contributed by atoms with Crippen LogP contribution in [0.1, 0.15) is 5.69 Å². The molecule has 0 radical (unpaired) electrons. The molecule has 6 heteroatoms. The summed E-state index contributed by atoms with van der Waals surface area (Å²) in [5, 5.41) is 3.54. The molecule has 0 atom stereocenters. The summed E-state index contributed by atoms with van der Waals surface area (Å²) in [6.45, 7) is 2.07. The number of halogens is 1. The molecular formula is C22H20BrN3O2. The van der Waals surface area contributed by atoms with Crippen LogP contribution in [-0.2, 0) is 0 Å². The maximum Gasteiger partial charge on any atom is 0.161 e. The Kier molecular flexibility index (Phi) is 4.96. The van der Waals surface area contributed by atoms with E-state index in [1.54, 1.807) is 14.2 Å². The van der Waals surface area contributed by atoms with E-state index in [2.05, 4.69) is 38.6 Å². The van der Waals surface area contributed by atoms with Crippen molar-refractivity contribution in [2.24, 2.45) is 0 Å². The number of hydrogen-bond donors (Lipinski definition) is 1. The number of anilines is 2. The summed E-state index contributed by atoms with van der Waals surface area (Å²) in [5.74, 6) is 2.26. The van der Waals surface area contributed by atoms with Gasteiger partial charge in [0.25, 0.3) is 0 Å². The molecule has 5 nitrogen and oxygen atoms in total. The van der Waals surface area contributed by atoms with E-state index in [-0.39, 0.29) is 0 Å². The van der Waals surface area contributed by atoms with Crippen molar-refractivity contribution in [3.63, 3.8) is 0 Å². The lowest BCUT2D eigenvalue weighted by atomic mass is 10.1. The Hall–Kier alpha value is -2.99. The molecular weight excluding hydrogens is 418 g/mol. The van der Waals surface area contributed by atoms with E-state index in [1.807, 2.05) is 54.6 Å². The molecule has 28 heavy (non-hydrogen) atoms. The van der Waals surface area contributed by atoms with E-state index >= 15 is 0 Å². The lowest BCUT2D eigenvalue weighted by molar-refractivity contribution is 0.355. The second kappa shape index (κ2) is 7.56. The van der Waals surface area contributed by atoms with Crippen LogP contribution < -0.4 is 14.8 Å². The van der Waals surface area contributed by atoms with Crippen LogP contribution in [0.3, 0.4) is 0 Å². The van der Waals surface area contributed by atoms with E-state index in [0.717, 1.165) is 38.6 Å². The third kappa shape index (κ3) is 3.31. The first-order valence-electron chi connectivity index (χ1n) is 8.84. The lowest BCUT2D eigenvalue weighted by Gasteiger charge is -2.12. The van der Waals surface area contributed by atoms with E-state index in [4.69, 9.17) is 14.5 Å². The number of ether oxygens (including phenoxy) is 2. The zero-order valence-electron chi connectivity index (χ0n) is 15.9. The van der Waals surface area contributed by atoms with Gasteiger partial charge in [-0.05, 0) is 61.5 Å². The first-order chi connectivity index (χ1) is 13.6. The van der Waals surface area contributed by atoms with E-state index in [9.17, 15) is 0 Å². The molecule has 0 spiro atoms. The number of benzene rings is 2. The average molecular weight is 438 g/mol. The second-order valence-electron chi connectivity index (χ2n) is 6.37. The molecule has 1 N–H and O–H groups in total. The standard InChI is InChI=1S/C22H20BrN3O2/c1-14-5-4-6-20-25-21(15-7-12-18(27-2)19(13-15)28-3)22(26(14)20)24-17-10-8-16(23)9-11-17/h4-13,24H,1-3H3. The Morgan fingerprint density at radius 3 is 2.39 bits per heavy atom. The molecule has 0 bridgehead atoms. The van der Waals surface area contributed by atoms with Crippen molar-refractivity contribution in [1.82, 2.24) is 9.38 Å². The monoisotopic (exact) mass is 437 g/mol. The number of methoxy groups -OCH3 is 2. The number of nitrogens with zero attached hydrogens (tertiary/aromatic N) is 2. The maximum absolute atomic E-state index is 5.48. The highest BCUT2D eigenvalue weighted by atomic mass is 79.9. The second-order valence-corrected chi connectivity index (χ2v) is 7.29. The smallest absolute Gasteiger partial charge is 0.161 e. The van der Waals surface area contributed by atoms with Gasteiger partial charge in [0.2, 0.25) is 0 Å². The van der Waals surface area contributed by atoms with Crippen LogP contribution in [0, 0.1) is 6.92 Å². The van der Waals surface area contributed by atoms with Crippen molar-refractivity contribution in [2.45, 2.75) is 6.92 Å². The minimum atomic E-state index is 0.670. The van der Waals surface area contributed by atoms with Gasteiger partial charge in [0.1, 0.15) is 17.2 Å². The predicted molar refractivity (Wildman–Crippen MR) is 116 cm³/mol. The number of aromatic nitrogens is 2. The number of nitrogens with one attached hydrogen (secondary N) is 1. The van der Waals surface area contributed by atoms with Gasteiger partial charge < -0.3 is 14.8 Å². The molecule has 142 valence electrons. The first-order valence-corrected chi connectivity index (χ1v) is 9.63. The van der Waals surface area contributed by atoms with Crippen LogP contribution in [0.4, 0.5) is 11.5 Å². The van der Waals surface area contributed by atoms with Gasteiger partial charge >= 0.3 is 0 Å². The number of fused-ring (bicyclic) bond motifs is 1. The summed E-state index contributed by atoms with van der Waals surface area (Å²) in [7, 11) is 3.27. The van der Waals surface area contributed by atoms with Crippen LogP contribution in [0.25, 0.3) is 16.9 Å². The van der Waals surface area contributed by atoms with Crippen molar-refractivity contribution in [3.8, 4) is 22.8 Å². The molecule has 0 aliphatic rings. The minimum absolute atomic E-state index is 0.670. The molecule has 2 aromatic carbocycles. The predicted octanol–water partition coefficient (Wildman–Crippen LogP) is 5.83. The van der Waals surface area contributed by atoms with Crippen LogP contribution in [0.2, 0.25) is 0 Å². The highest BCUT2D eigenvalue weighted by molar-refractivity contribution is 9.10. The number of pyridine rings is 1. The Bertz CT molecular complexity index is 1140. The van der Waals surface area contributed by atoms with Crippen LogP contribution >= 0.6 is 15.9 Å². The van der Waals surface area contributed by atoms with Gasteiger partial charge in [-0.2, -0.15) is 0 Å². The van der Waals surface area contributed by atoms with Crippen molar-refractivity contribution in [2.75, 3.05) is 19.5 Å². The van der Waals surface area contributed by atoms with Gasteiger partial charge in [0.05, 0.1) is 14.2 Å². The van der Waals surface area contributed by atoms with Gasteiger partial charge in [-0.1, -0.05) is 22.0 Å². The lowest BCUT2D eigenvalue weighted by Crippen LogP contribution is -1.99. The Balaban J connectivity index is 1.90. The molecule has 0 aliphatic heterocycles. The van der Waals surface area contributed by atoms with Crippen LogP contribution in [0.5, 0.6) is 11.5 Å². The Morgan fingerprint density at radius 2 is 1.68 bits per heavy atom. The highest BCUT2D eigenvalue weighted by Crippen LogP contribution is 2.37. The van der Waals surface area contributed by atoms with Crippen molar-refractivity contribution in [1.29, 1.82) is 0 Å². The molecule has 0 saturated heterocycles. The number of rotatable bonds is 5. The topological polar surface area (TPSA) is 47.8 Å². The summed E-state index contributed by atoms with van der Waals surface area (Å²) in [5.41, 5.74) is 4.74. The molecule has 2 aromatic heterocycles. The number of hydrogen-bond acceptors (Lipinski definition) is 4. The molecule has 0 amide bonds. The van der Waals surface area contributed by atoms with Crippen LogP contribution in [-0.4, -0.2) is 23.6 Å². The van der Waals surface area contributed by atoms with E-state index < -0.39 is 0 Å². The highest BCUT2D eigenvalue weighted by Gasteiger charge is 2.17. The number of aryl methyl sites for hydroxylation is 1. The van der Waals surface area contributed by atoms with Crippen molar-refractivity contribution >= 4 is 33.1 Å². The zero-order valence-corrected chi connectivity index (χ0v) is 17.4. The largest absolute Gasteiger partial charge is 0.493 e. The summed E-state index contributed by atoms with van der Waals surface area (Å²) in [6, 6.07) is 20.0. The molecule has 4 rings (SSSR count). The van der Waals surface area contributed by atoms with Crippen molar-refractivity contribution in [3.05, 3.63) is 70.8 Å². The van der Waals surface area contributed by atoms with Gasteiger partial charge in [-0.15, -0.1) is 0 Å². The third-order valence-corrected chi connectivity index (χ3v) is 5.13. The Morgan fingerprint density at radius 1 is 0.929 bits per heavy atom. The normalized spacial score (nSPS) is 10.9. The fourth-order valence-corrected chi connectivity index (χ4v) is 3.49. The number of imidazole rings is 1. The molecule has 0 saturated carbocycles. The van der Waals surface area contributed by atoms with Gasteiger partial charge in [-0.3, -0.25) is 4.40 Å². The fraction of sp³-hybridized carbons (Fsp3) is 0.136. The SMILES string of the molecule is COc1ccc(-c2nc3cccc(C)n3c2Nc2ccc(Br)cc2)cc1OC. The summed E-state index contributed by atoms with van der Waals surface area (Å²) in [6.07, 6.45) is 0. The molecule has 4 aromatic rings. The summed E-state index contributed by atoms with van der Waals surface area (Å²) >= 11 is 3.48. The minimum Gasteiger partial charge on any atom is -0.493 e. The Labute approximate surface area is 172 Å². The molecule has 0 fully saturated rings. The first kappa shape index (κ1) is 18.4. The van der Waals surface area contributed by atoms with Gasteiger partial charge in [-0.25, -0.2) is 4.98 Å². The van der Waals surface area contributed by atoms with Crippen LogP contribution in [0.15, 0.2) is 65.1 Å². The zero-order chi connectivity index (χ0) is 19.7. The summed E-state index contributed by atoms with van der Waals surface area (Å²) < 4.78 is 14.0. The quantitative estimate of drug-likeness (QED) is 0.426. The maximum atomic E-state index is 5.48. The molecule has 0 aliphatic carbocycles. The van der Waals surface area contributed by atoms with E-state index in [1.165, 1.54) is 0 Å². The molecule has 2 heterocycles. The average Bonchev–Trinajstić information content (AvgIpc) is 3.08. The van der Waals surface area contributed by atoms with Crippen molar-refractivity contribution < 1.29 is 9.47 Å². The van der Waals surface area contributed by atoms with Gasteiger partial charge in [0, 0.05) is 21.4 Å². The van der Waals surface area contributed by atoms with Gasteiger partial charge in [0.15, 0.2) is 11.5 Å². The fourth-order valence-electron chi connectivity index (χ4n) is 3.22. The summed E-state index contributed by atoms with van der Waals surface area (Å²) in [4.78, 5) is 4.88.